The van der Waals surface area contributed by atoms with Gasteiger partial charge in [-0.3, -0.25) is 0 Å². The molecule has 0 saturated carbocycles. The lowest BCUT2D eigenvalue weighted by molar-refractivity contribution is 0.164. The van der Waals surface area contributed by atoms with E-state index >= 15 is 0 Å². The van der Waals surface area contributed by atoms with Crippen LogP contribution >= 0.6 is 0 Å². The SMILES string of the molecule is CCC(C)CN(CC)CC(C)CO. The molecular formula is C11H25NO. The first kappa shape index (κ1) is 12.9. The summed E-state index contributed by atoms with van der Waals surface area (Å²) < 4.78 is 0. The van der Waals surface area contributed by atoms with Crippen LogP contribution in [-0.4, -0.2) is 36.2 Å². The van der Waals surface area contributed by atoms with Gasteiger partial charge in [-0.1, -0.05) is 34.1 Å². The molecule has 0 bridgehead atoms. The molecule has 2 heteroatoms. The predicted molar refractivity (Wildman–Crippen MR) is 57.8 cm³/mol. The average molecular weight is 187 g/mol. The Morgan fingerprint density at radius 3 is 2.00 bits per heavy atom. The molecule has 0 radical (unpaired) electrons. The standard InChI is InChI=1S/C11H25NO/c1-5-10(3)7-12(6-2)8-11(4)9-13/h10-11,13H,5-9H2,1-4H3. The van der Waals surface area contributed by atoms with E-state index in [4.69, 9.17) is 5.11 Å². The van der Waals surface area contributed by atoms with Crippen molar-refractivity contribution in [1.82, 2.24) is 4.90 Å². The van der Waals surface area contributed by atoms with Crippen molar-refractivity contribution in [3.8, 4) is 0 Å². The van der Waals surface area contributed by atoms with Gasteiger partial charge in [0.1, 0.15) is 0 Å². The van der Waals surface area contributed by atoms with Gasteiger partial charge in [-0.15, -0.1) is 0 Å². The second-order valence-corrected chi connectivity index (χ2v) is 4.15. The Hall–Kier alpha value is -0.0800. The maximum Gasteiger partial charge on any atom is 0.0468 e. The molecule has 2 nitrogen and oxygen atoms in total. The molecule has 0 heterocycles. The first-order valence-corrected chi connectivity index (χ1v) is 5.47. The second kappa shape index (κ2) is 7.34. The fourth-order valence-corrected chi connectivity index (χ4v) is 1.40. The zero-order valence-corrected chi connectivity index (χ0v) is 9.58. The molecule has 0 rings (SSSR count). The van der Waals surface area contributed by atoms with Gasteiger partial charge in [-0.25, -0.2) is 0 Å². The summed E-state index contributed by atoms with van der Waals surface area (Å²) in [6.07, 6.45) is 1.24. The van der Waals surface area contributed by atoms with Crippen LogP contribution in [0.15, 0.2) is 0 Å². The van der Waals surface area contributed by atoms with Gasteiger partial charge in [0, 0.05) is 19.7 Å². The normalized spacial score (nSPS) is 16.2. The van der Waals surface area contributed by atoms with Crippen molar-refractivity contribution in [2.75, 3.05) is 26.2 Å². The Morgan fingerprint density at radius 2 is 1.62 bits per heavy atom. The highest BCUT2D eigenvalue weighted by atomic mass is 16.3. The Kier molecular flexibility index (Phi) is 7.29. The lowest BCUT2D eigenvalue weighted by Gasteiger charge is -2.25. The monoisotopic (exact) mass is 187 g/mol. The van der Waals surface area contributed by atoms with Gasteiger partial charge >= 0.3 is 0 Å². The van der Waals surface area contributed by atoms with Crippen molar-refractivity contribution in [3.63, 3.8) is 0 Å². The summed E-state index contributed by atoms with van der Waals surface area (Å²) >= 11 is 0. The number of aliphatic hydroxyl groups is 1. The van der Waals surface area contributed by atoms with Crippen molar-refractivity contribution in [1.29, 1.82) is 0 Å². The maximum atomic E-state index is 8.94. The van der Waals surface area contributed by atoms with Crippen molar-refractivity contribution in [2.45, 2.75) is 34.1 Å². The van der Waals surface area contributed by atoms with Crippen LogP contribution in [0.3, 0.4) is 0 Å². The number of nitrogens with zero attached hydrogens (tertiary/aromatic N) is 1. The van der Waals surface area contributed by atoms with E-state index in [9.17, 15) is 0 Å². The third kappa shape index (κ3) is 6.05. The van der Waals surface area contributed by atoms with E-state index in [-0.39, 0.29) is 0 Å². The number of rotatable bonds is 7. The van der Waals surface area contributed by atoms with Gasteiger partial charge < -0.3 is 10.0 Å². The molecule has 0 aliphatic heterocycles. The van der Waals surface area contributed by atoms with Crippen molar-refractivity contribution >= 4 is 0 Å². The summed E-state index contributed by atoms with van der Waals surface area (Å²) in [6.45, 7) is 12.4. The van der Waals surface area contributed by atoms with E-state index in [0.29, 0.717) is 12.5 Å². The van der Waals surface area contributed by atoms with E-state index in [0.717, 1.165) is 25.6 Å². The highest BCUT2D eigenvalue weighted by molar-refractivity contribution is 4.63. The van der Waals surface area contributed by atoms with Crippen LogP contribution < -0.4 is 0 Å². The van der Waals surface area contributed by atoms with Gasteiger partial charge in [-0.05, 0) is 18.4 Å². The molecule has 0 amide bonds. The second-order valence-electron chi connectivity index (χ2n) is 4.15. The van der Waals surface area contributed by atoms with Gasteiger partial charge in [0.15, 0.2) is 0 Å². The lowest BCUT2D eigenvalue weighted by Crippen LogP contribution is -2.33. The molecule has 0 aliphatic rings. The minimum atomic E-state index is 0.303. The summed E-state index contributed by atoms with van der Waals surface area (Å²) in [5.41, 5.74) is 0. The summed E-state index contributed by atoms with van der Waals surface area (Å²) in [5.74, 6) is 1.18. The number of aliphatic hydroxyl groups excluding tert-OH is 1. The molecule has 0 fully saturated rings. The Labute approximate surface area is 82.9 Å². The third-order valence-corrected chi connectivity index (χ3v) is 2.60. The fourth-order valence-electron chi connectivity index (χ4n) is 1.40. The van der Waals surface area contributed by atoms with Gasteiger partial charge in [0.25, 0.3) is 0 Å². The quantitative estimate of drug-likeness (QED) is 0.659. The Bertz CT molecular complexity index is 105. The topological polar surface area (TPSA) is 23.5 Å². The van der Waals surface area contributed by atoms with Crippen LogP contribution in [0.5, 0.6) is 0 Å². The van der Waals surface area contributed by atoms with E-state index in [1.54, 1.807) is 0 Å². The van der Waals surface area contributed by atoms with Gasteiger partial charge in [-0.2, -0.15) is 0 Å². The van der Waals surface area contributed by atoms with Crippen LogP contribution in [0.2, 0.25) is 0 Å². The van der Waals surface area contributed by atoms with E-state index < -0.39 is 0 Å². The number of hydrogen-bond acceptors (Lipinski definition) is 2. The molecule has 0 aromatic heterocycles. The minimum Gasteiger partial charge on any atom is -0.396 e. The van der Waals surface area contributed by atoms with E-state index in [1.165, 1.54) is 6.42 Å². The third-order valence-electron chi connectivity index (χ3n) is 2.60. The summed E-state index contributed by atoms with van der Waals surface area (Å²) in [5, 5.41) is 8.94. The van der Waals surface area contributed by atoms with Gasteiger partial charge in [0.05, 0.1) is 0 Å². The summed E-state index contributed by atoms with van der Waals surface area (Å²) in [6, 6.07) is 0. The average Bonchev–Trinajstić information content (AvgIpc) is 2.16. The highest BCUT2D eigenvalue weighted by Gasteiger charge is 2.10. The van der Waals surface area contributed by atoms with Crippen LogP contribution in [0, 0.1) is 11.8 Å². The smallest absolute Gasteiger partial charge is 0.0468 e. The first-order chi connectivity index (χ1) is 6.13. The van der Waals surface area contributed by atoms with Crippen LogP contribution in [0.1, 0.15) is 34.1 Å². The zero-order chi connectivity index (χ0) is 10.3. The predicted octanol–water partition coefficient (Wildman–Crippen LogP) is 1.98. The van der Waals surface area contributed by atoms with Crippen LogP contribution in [-0.2, 0) is 0 Å². The lowest BCUT2D eigenvalue weighted by atomic mass is 10.1. The van der Waals surface area contributed by atoms with E-state index in [2.05, 4.69) is 32.6 Å². The molecule has 0 spiro atoms. The minimum absolute atomic E-state index is 0.303. The van der Waals surface area contributed by atoms with Crippen molar-refractivity contribution in [2.24, 2.45) is 11.8 Å². The molecule has 0 aromatic rings. The van der Waals surface area contributed by atoms with Gasteiger partial charge in [0.2, 0.25) is 0 Å². The van der Waals surface area contributed by atoms with E-state index in [1.807, 2.05) is 0 Å². The van der Waals surface area contributed by atoms with Crippen molar-refractivity contribution in [3.05, 3.63) is 0 Å². The number of hydrogen-bond donors (Lipinski definition) is 1. The maximum absolute atomic E-state index is 8.94. The summed E-state index contributed by atoms with van der Waals surface area (Å²) in [4.78, 5) is 2.43. The van der Waals surface area contributed by atoms with Crippen LogP contribution in [0.4, 0.5) is 0 Å². The molecule has 80 valence electrons. The van der Waals surface area contributed by atoms with Crippen molar-refractivity contribution < 1.29 is 5.11 Å². The molecule has 2 atom stereocenters. The molecule has 2 unspecified atom stereocenters. The molecule has 0 aromatic carbocycles. The molecule has 0 aliphatic carbocycles. The zero-order valence-electron chi connectivity index (χ0n) is 9.58. The summed E-state index contributed by atoms with van der Waals surface area (Å²) in [7, 11) is 0. The Balaban J connectivity index is 3.74. The molecule has 13 heavy (non-hydrogen) atoms. The molecule has 0 saturated heterocycles. The molecule has 1 N–H and O–H groups in total. The fraction of sp³-hybridized carbons (Fsp3) is 1.00. The first-order valence-electron chi connectivity index (χ1n) is 5.47. The van der Waals surface area contributed by atoms with Crippen LogP contribution in [0.25, 0.3) is 0 Å². The Morgan fingerprint density at radius 1 is 1.08 bits per heavy atom. The molecular weight excluding hydrogens is 162 g/mol. The highest BCUT2D eigenvalue weighted by Crippen LogP contribution is 2.06. The largest absolute Gasteiger partial charge is 0.396 e.